The normalized spacial score (nSPS) is 12.2. The Hall–Kier alpha value is -11.7. The van der Waals surface area contributed by atoms with E-state index in [1.54, 1.807) is 0 Å². The summed E-state index contributed by atoms with van der Waals surface area (Å²) in [6.07, 6.45) is 0. The smallest absolute Gasteiger partial charge is 0.252 e. The molecule has 96 heavy (non-hydrogen) atoms. The van der Waals surface area contributed by atoms with Crippen molar-refractivity contribution >= 4 is 169 Å². The Morgan fingerprint density at radius 1 is 0.219 bits per heavy atom. The third-order valence-corrected chi connectivity index (χ3v) is 21.5. The Kier molecular flexibility index (Phi) is 12.3. The summed E-state index contributed by atoms with van der Waals surface area (Å²) in [5.41, 5.74) is 23.7. The molecule has 4 nitrogen and oxygen atoms in total. The summed E-state index contributed by atoms with van der Waals surface area (Å²) < 4.78 is 11.1. The summed E-state index contributed by atoms with van der Waals surface area (Å²) in [7, 11) is 0. The second-order valence-electron chi connectivity index (χ2n) is 25.7. The van der Waals surface area contributed by atoms with Gasteiger partial charge < -0.3 is 18.3 Å². The van der Waals surface area contributed by atoms with Crippen LogP contribution in [0.5, 0.6) is 0 Å². The van der Waals surface area contributed by atoms with Gasteiger partial charge >= 0.3 is 0 Å². The molecular formula is C90H60BBrN4. The van der Waals surface area contributed by atoms with Crippen LogP contribution in [0.3, 0.4) is 0 Å². The van der Waals surface area contributed by atoms with Gasteiger partial charge in [0.05, 0.1) is 48.9 Å². The molecule has 0 unspecified atom stereocenters. The molecule has 6 heterocycles. The van der Waals surface area contributed by atoms with Crippen molar-refractivity contribution in [3.05, 3.63) is 320 Å². The fourth-order valence-electron chi connectivity index (χ4n) is 16.6. The van der Waals surface area contributed by atoms with E-state index < -0.39 is 0 Å². The Morgan fingerprint density at radius 3 is 0.885 bits per heavy atom. The predicted molar refractivity (Wildman–Crippen MR) is 417 cm³/mol. The van der Waals surface area contributed by atoms with Crippen LogP contribution in [0.4, 0.5) is 0 Å². The molecule has 0 atom stereocenters. The Morgan fingerprint density at radius 2 is 0.510 bits per heavy atom. The van der Waals surface area contributed by atoms with E-state index >= 15 is 0 Å². The molecule has 0 bridgehead atoms. The number of nitrogens with zero attached hydrogens (tertiary/aromatic N) is 4. The van der Waals surface area contributed by atoms with E-state index in [1.165, 1.54) is 175 Å². The molecule has 16 aromatic carbocycles. The SMILES string of the molecule is Brc1c(-n2c3ccccc3c3cc4ccccc4cc32)cc(-c2ccccc2)cc1-n1c2ccccc2c2cc3ccccc3cc21.C.C.c1ccc(-c2cc3c4c(c2)-n2c5cc6ccccc6cc5c5cccc(c52)B4c2cccc4c5cc6ccccc6cc5n-3c24)cc1. The maximum Gasteiger partial charge on any atom is 0.252 e. The minimum Gasteiger partial charge on any atom is -0.310 e. The molecule has 0 fully saturated rings. The summed E-state index contributed by atoms with van der Waals surface area (Å²) in [4.78, 5) is 0. The van der Waals surface area contributed by atoms with E-state index in [-0.39, 0.29) is 21.6 Å². The number of aromatic nitrogens is 4. The van der Waals surface area contributed by atoms with Crippen molar-refractivity contribution in [1.82, 2.24) is 18.3 Å². The molecule has 450 valence electrons. The van der Waals surface area contributed by atoms with Crippen molar-refractivity contribution in [2.45, 2.75) is 14.9 Å². The largest absolute Gasteiger partial charge is 0.310 e. The van der Waals surface area contributed by atoms with Crippen molar-refractivity contribution in [1.29, 1.82) is 0 Å². The van der Waals surface area contributed by atoms with Crippen LogP contribution in [-0.4, -0.2) is 25.0 Å². The molecule has 0 spiro atoms. The number of benzene rings is 16. The first-order valence-corrected chi connectivity index (χ1v) is 33.2. The van der Waals surface area contributed by atoms with Crippen molar-refractivity contribution in [3.63, 3.8) is 0 Å². The Balaban J connectivity index is 0.000000133. The highest BCUT2D eigenvalue weighted by atomic mass is 79.9. The summed E-state index contributed by atoms with van der Waals surface area (Å²) in [5.74, 6) is 0. The zero-order valence-corrected chi connectivity index (χ0v) is 52.4. The third kappa shape index (κ3) is 7.91. The molecule has 0 radical (unpaired) electrons. The molecule has 0 aliphatic carbocycles. The highest BCUT2D eigenvalue weighted by Crippen LogP contribution is 2.46. The number of rotatable bonds is 4. The van der Waals surface area contributed by atoms with Crippen molar-refractivity contribution in [2.24, 2.45) is 0 Å². The molecule has 0 saturated carbocycles. The topological polar surface area (TPSA) is 19.7 Å². The van der Waals surface area contributed by atoms with Gasteiger partial charge in [-0.25, -0.2) is 0 Å². The van der Waals surface area contributed by atoms with Crippen LogP contribution < -0.4 is 16.4 Å². The van der Waals surface area contributed by atoms with E-state index in [4.69, 9.17) is 0 Å². The van der Waals surface area contributed by atoms with Gasteiger partial charge in [-0.2, -0.15) is 0 Å². The van der Waals surface area contributed by atoms with Gasteiger partial charge in [0, 0.05) is 65.5 Å². The average molecular weight is 1290 g/mol. The maximum absolute atomic E-state index is 4.23. The lowest BCUT2D eigenvalue weighted by molar-refractivity contribution is 1.12. The molecule has 6 heteroatoms. The van der Waals surface area contributed by atoms with E-state index in [2.05, 4.69) is 350 Å². The van der Waals surface area contributed by atoms with Gasteiger partial charge in [-0.1, -0.05) is 245 Å². The monoisotopic (exact) mass is 1290 g/mol. The van der Waals surface area contributed by atoms with Crippen molar-refractivity contribution in [2.75, 3.05) is 0 Å². The van der Waals surface area contributed by atoms with Crippen LogP contribution in [0.15, 0.2) is 320 Å². The van der Waals surface area contributed by atoms with Crippen LogP contribution in [0.1, 0.15) is 14.9 Å². The molecule has 2 aliphatic heterocycles. The summed E-state index contributed by atoms with van der Waals surface area (Å²) in [5, 5.41) is 20.3. The van der Waals surface area contributed by atoms with E-state index in [1.807, 2.05) is 0 Å². The van der Waals surface area contributed by atoms with Gasteiger partial charge in [-0.05, 0) is 183 Å². The standard InChI is InChI=1S/C44H25BN2.C44H27BrN2.2CH4/c1-2-10-26(11-3-1)31-24-40-42-41(25-31)47-39-23-30-15-7-5-13-28(30)21-35(39)33-17-9-19-37(44(33)47)45(42)36-18-8-16-32-34-20-27-12-4-6-14-29(27)22-38(34)46(40)43(32)36;45-44-42(46-38-20-10-8-18-34(38)36-22-29-14-4-6-16-31(29)24-40(36)46)26-33(28-12-2-1-3-13-28)27-43(44)47-39-21-11-9-19-35(39)37-23-30-15-5-7-17-32(30)25-41(37)47;;/h1-25H;1-27H;2*1H4. The van der Waals surface area contributed by atoms with Gasteiger partial charge in [0.2, 0.25) is 0 Å². The average Bonchev–Trinajstić information content (AvgIpc) is 1.46. The molecular weight excluding hydrogens is 1230 g/mol. The van der Waals surface area contributed by atoms with Crippen molar-refractivity contribution < 1.29 is 0 Å². The lowest BCUT2D eigenvalue weighted by atomic mass is 9.34. The van der Waals surface area contributed by atoms with Gasteiger partial charge in [0.25, 0.3) is 6.71 Å². The first kappa shape index (κ1) is 55.9. The lowest BCUT2D eigenvalue weighted by Crippen LogP contribution is -2.59. The highest BCUT2D eigenvalue weighted by Gasteiger charge is 2.41. The number of para-hydroxylation sites is 4. The van der Waals surface area contributed by atoms with Crippen LogP contribution in [-0.2, 0) is 0 Å². The first-order valence-electron chi connectivity index (χ1n) is 32.4. The number of halogens is 1. The zero-order valence-electron chi connectivity index (χ0n) is 50.8. The molecule has 2 aliphatic rings. The van der Waals surface area contributed by atoms with Gasteiger partial charge in [-0.15, -0.1) is 0 Å². The predicted octanol–water partition coefficient (Wildman–Crippen LogP) is 22.9. The van der Waals surface area contributed by atoms with Crippen LogP contribution in [0, 0.1) is 0 Å². The van der Waals surface area contributed by atoms with E-state index in [0.717, 1.165) is 21.4 Å². The Bertz CT molecular complexity index is 6290. The van der Waals surface area contributed by atoms with Crippen LogP contribution in [0.2, 0.25) is 0 Å². The fourth-order valence-corrected chi connectivity index (χ4v) is 17.2. The summed E-state index contributed by atoms with van der Waals surface area (Å²) in [6.45, 7) is 0.134. The molecule has 4 aromatic heterocycles. The third-order valence-electron chi connectivity index (χ3n) is 20.7. The fraction of sp³-hybridized carbons (Fsp3) is 0.0222. The van der Waals surface area contributed by atoms with Gasteiger partial charge in [-0.3, -0.25) is 0 Å². The van der Waals surface area contributed by atoms with E-state index in [0.29, 0.717) is 0 Å². The molecule has 22 rings (SSSR count). The number of hydrogen-bond acceptors (Lipinski definition) is 0. The van der Waals surface area contributed by atoms with Crippen LogP contribution in [0.25, 0.3) is 175 Å². The highest BCUT2D eigenvalue weighted by molar-refractivity contribution is 9.10. The molecule has 20 aromatic rings. The minimum atomic E-state index is 0. The second kappa shape index (κ2) is 21.2. The minimum absolute atomic E-state index is 0. The molecule has 0 saturated heterocycles. The molecule has 0 N–H and O–H groups in total. The maximum atomic E-state index is 4.23. The first-order chi connectivity index (χ1) is 46.5. The molecule has 0 amide bonds. The second-order valence-corrected chi connectivity index (χ2v) is 26.4. The lowest BCUT2D eigenvalue weighted by Gasteiger charge is -2.34. The number of fused-ring (bicyclic) bond motifs is 20. The van der Waals surface area contributed by atoms with Gasteiger partial charge in [0.15, 0.2) is 0 Å². The van der Waals surface area contributed by atoms with E-state index in [9.17, 15) is 0 Å². The Labute approximate surface area is 563 Å². The summed E-state index contributed by atoms with van der Waals surface area (Å²) >= 11 is 4.23. The quantitative estimate of drug-likeness (QED) is 0.157. The van der Waals surface area contributed by atoms with Gasteiger partial charge in [0.1, 0.15) is 0 Å². The van der Waals surface area contributed by atoms with Crippen LogP contribution >= 0.6 is 15.9 Å². The van der Waals surface area contributed by atoms with Crippen molar-refractivity contribution in [3.8, 4) is 45.0 Å². The zero-order chi connectivity index (χ0) is 61.4. The summed E-state index contributed by atoms with van der Waals surface area (Å²) in [6, 6.07) is 117. The number of hydrogen-bond donors (Lipinski definition) is 0.